The van der Waals surface area contributed by atoms with Crippen LogP contribution >= 0.6 is 0 Å². The molecule has 0 aromatic heterocycles. The normalized spacial score (nSPS) is 11.1. The molecule has 3 nitrogen and oxygen atoms in total. The Labute approximate surface area is 86.7 Å². The molecule has 0 aromatic carbocycles. The number of likely N-dealkylation sites (N-methyl/N-ethyl adjacent to an activating group) is 1. The Bertz CT molecular complexity index is 176. The molecule has 0 atom stereocenters. The molecule has 0 aliphatic carbocycles. The van der Waals surface area contributed by atoms with Gasteiger partial charge in [0.2, 0.25) is 0 Å². The fourth-order valence-electron chi connectivity index (χ4n) is 0.900. The van der Waals surface area contributed by atoms with E-state index >= 15 is 0 Å². The van der Waals surface area contributed by atoms with Crippen LogP contribution in [0.3, 0.4) is 0 Å². The molecule has 0 spiro atoms. The first kappa shape index (κ1) is 13.2. The summed E-state index contributed by atoms with van der Waals surface area (Å²) in [6.07, 6.45) is 6.38. The van der Waals surface area contributed by atoms with Crippen LogP contribution in [0.5, 0.6) is 0 Å². The number of nitrogens with zero attached hydrogens (tertiary/aromatic N) is 1. The number of hydrogen-bond donors (Lipinski definition) is 0. The molecule has 0 radical (unpaired) electrons. The van der Waals surface area contributed by atoms with E-state index in [1.165, 1.54) is 0 Å². The van der Waals surface area contributed by atoms with E-state index in [1.54, 1.807) is 0 Å². The predicted molar refractivity (Wildman–Crippen MR) is 58.2 cm³/mol. The van der Waals surface area contributed by atoms with E-state index in [9.17, 15) is 4.79 Å². The van der Waals surface area contributed by atoms with E-state index in [0.29, 0.717) is 13.0 Å². The van der Waals surface area contributed by atoms with Crippen LogP contribution in [-0.2, 0) is 9.53 Å². The molecule has 0 bridgehead atoms. The van der Waals surface area contributed by atoms with Crippen molar-refractivity contribution < 1.29 is 9.53 Å². The summed E-state index contributed by atoms with van der Waals surface area (Å²) in [5, 5.41) is 0. The van der Waals surface area contributed by atoms with E-state index in [2.05, 4.69) is 13.0 Å². The zero-order valence-electron chi connectivity index (χ0n) is 9.45. The van der Waals surface area contributed by atoms with Crippen molar-refractivity contribution in [1.82, 2.24) is 4.90 Å². The molecule has 0 aliphatic rings. The number of esters is 1. The summed E-state index contributed by atoms with van der Waals surface area (Å²) in [5.41, 5.74) is 0. The van der Waals surface area contributed by atoms with Crippen molar-refractivity contribution in [3.05, 3.63) is 12.2 Å². The molecule has 0 aromatic rings. The number of ether oxygens (including phenoxy) is 1. The standard InChI is InChI=1S/C11H21NO2/c1-4-5-6-7-8-11(13)14-10-9-12(2)3/h5-6H,4,7-10H2,1-3H3. The van der Waals surface area contributed by atoms with Crippen molar-refractivity contribution in [3.63, 3.8) is 0 Å². The molecular weight excluding hydrogens is 178 g/mol. The van der Waals surface area contributed by atoms with Crippen LogP contribution in [0.2, 0.25) is 0 Å². The molecule has 3 heteroatoms. The Morgan fingerprint density at radius 1 is 1.36 bits per heavy atom. The van der Waals surface area contributed by atoms with Crippen LogP contribution in [0.1, 0.15) is 26.2 Å². The van der Waals surface area contributed by atoms with Crippen LogP contribution in [0, 0.1) is 0 Å². The highest BCUT2D eigenvalue weighted by Gasteiger charge is 2.00. The third-order valence-corrected chi connectivity index (χ3v) is 1.72. The van der Waals surface area contributed by atoms with E-state index < -0.39 is 0 Å². The summed E-state index contributed by atoms with van der Waals surface area (Å²) in [6, 6.07) is 0. The highest BCUT2D eigenvalue weighted by Crippen LogP contribution is 1.95. The Kier molecular flexibility index (Phi) is 8.24. The smallest absolute Gasteiger partial charge is 0.306 e. The topological polar surface area (TPSA) is 29.5 Å². The van der Waals surface area contributed by atoms with Gasteiger partial charge in [-0.05, 0) is 26.9 Å². The number of carbonyl (C=O) groups excluding carboxylic acids is 1. The first-order chi connectivity index (χ1) is 6.66. The number of carbonyl (C=O) groups is 1. The van der Waals surface area contributed by atoms with Gasteiger partial charge in [0, 0.05) is 13.0 Å². The lowest BCUT2D eigenvalue weighted by molar-refractivity contribution is -0.143. The molecule has 0 N–H and O–H groups in total. The average Bonchev–Trinajstić information content (AvgIpc) is 2.12. The molecule has 0 fully saturated rings. The molecular formula is C11H21NO2. The highest BCUT2D eigenvalue weighted by atomic mass is 16.5. The fourth-order valence-corrected chi connectivity index (χ4v) is 0.900. The van der Waals surface area contributed by atoms with Crippen LogP contribution < -0.4 is 0 Å². The Morgan fingerprint density at radius 3 is 2.64 bits per heavy atom. The van der Waals surface area contributed by atoms with Gasteiger partial charge in [0.1, 0.15) is 6.61 Å². The largest absolute Gasteiger partial charge is 0.464 e. The van der Waals surface area contributed by atoms with Crippen LogP contribution in [-0.4, -0.2) is 38.1 Å². The third kappa shape index (κ3) is 9.26. The monoisotopic (exact) mass is 199 g/mol. The second-order valence-electron chi connectivity index (χ2n) is 3.44. The summed E-state index contributed by atoms with van der Waals surface area (Å²) in [6.45, 7) is 3.35. The molecule has 0 unspecified atom stereocenters. The molecule has 0 aliphatic heterocycles. The SMILES string of the molecule is CCC=CCCC(=O)OCCN(C)C. The summed E-state index contributed by atoms with van der Waals surface area (Å²) in [4.78, 5) is 13.1. The van der Waals surface area contributed by atoms with Gasteiger partial charge >= 0.3 is 5.97 Å². The van der Waals surface area contributed by atoms with Gasteiger partial charge in [-0.2, -0.15) is 0 Å². The lowest BCUT2D eigenvalue weighted by Crippen LogP contribution is -2.19. The molecule has 0 heterocycles. The van der Waals surface area contributed by atoms with Gasteiger partial charge in [0.25, 0.3) is 0 Å². The van der Waals surface area contributed by atoms with Gasteiger partial charge in [-0.1, -0.05) is 19.1 Å². The van der Waals surface area contributed by atoms with Gasteiger partial charge in [0.15, 0.2) is 0 Å². The lowest BCUT2D eigenvalue weighted by Gasteiger charge is -2.09. The van der Waals surface area contributed by atoms with E-state index in [-0.39, 0.29) is 5.97 Å². The third-order valence-electron chi connectivity index (χ3n) is 1.72. The summed E-state index contributed by atoms with van der Waals surface area (Å²) < 4.78 is 5.02. The molecule has 14 heavy (non-hydrogen) atoms. The highest BCUT2D eigenvalue weighted by molar-refractivity contribution is 5.69. The zero-order valence-corrected chi connectivity index (χ0v) is 9.45. The molecule has 0 saturated carbocycles. The maximum atomic E-state index is 11.1. The second kappa shape index (κ2) is 8.75. The molecule has 0 rings (SSSR count). The van der Waals surface area contributed by atoms with Crippen LogP contribution in [0.15, 0.2) is 12.2 Å². The summed E-state index contributed by atoms with van der Waals surface area (Å²) in [7, 11) is 3.91. The number of rotatable bonds is 7. The Morgan fingerprint density at radius 2 is 2.07 bits per heavy atom. The van der Waals surface area contributed by atoms with Crippen LogP contribution in [0.25, 0.3) is 0 Å². The van der Waals surface area contributed by atoms with Gasteiger partial charge in [-0.3, -0.25) is 4.79 Å². The van der Waals surface area contributed by atoms with E-state index in [4.69, 9.17) is 4.74 Å². The van der Waals surface area contributed by atoms with Gasteiger partial charge < -0.3 is 9.64 Å². The van der Waals surface area contributed by atoms with Crippen molar-refractivity contribution in [3.8, 4) is 0 Å². The maximum Gasteiger partial charge on any atom is 0.306 e. The van der Waals surface area contributed by atoms with Crippen LogP contribution in [0.4, 0.5) is 0 Å². The van der Waals surface area contributed by atoms with Crippen molar-refractivity contribution in [2.45, 2.75) is 26.2 Å². The number of allylic oxidation sites excluding steroid dienone is 2. The van der Waals surface area contributed by atoms with Crippen molar-refractivity contribution >= 4 is 5.97 Å². The summed E-state index contributed by atoms with van der Waals surface area (Å²) in [5.74, 6) is -0.104. The fraction of sp³-hybridized carbons (Fsp3) is 0.727. The molecule has 0 saturated heterocycles. The minimum Gasteiger partial charge on any atom is -0.464 e. The van der Waals surface area contributed by atoms with Gasteiger partial charge in [-0.25, -0.2) is 0 Å². The molecule has 0 amide bonds. The van der Waals surface area contributed by atoms with Crippen molar-refractivity contribution in [2.75, 3.05) is 27.2 Å². The van der Waals surface area contributed by atoms with Crippen molar-refractivity contribution in [2.24, 2.45) is 0 Å². The Hall–Kier alpha value is -0.830. The first-order valence-corrected chi connectivity index (χ1v) is 5.12. The zero-order chi connectivity index (χ0) is 10.8. The van der Waals surface area contributed by atoms with Crippen molar-refractivity contribution in [1.29, 1.82) is 0 Å². The van der Waals surface area contributed by atoms with E-state index in [1.807, 2.05) is 25.1 Å². The van der Waals surface area contributed by atoms with Gasteiger partial charge in [0.05, 0.1) is 0 Å². The molecule has 82 valence electrons. The lowest BCUT2D eigenvalue weighted by atomic mass is 10.3. The number of hydrogen-bond acceptors (Lipinski definition) is 3. The predicted octanol–water partition coefficient (Wildman–Crippen LogP) is 1.84. The van der Waals surface area contributed by atoms with E-state index in [0.717, 1.165) is 19.4 Å². The minimum atomic E-state index is -0.104. The maximum absolute atomic E-state index is 11.1. The summed E-state index contributed by atoms with van der Waals surface area (Å²) >= 11 is 0. The van der Waals surface area contributed by atoms with Gasteiger partial charge in [-0.15, -0.1) is 0 Å². The first-order valence-electron chi connectivity index (χ1n) is 5.12. The minimum absolute atomic E-state index is 0.104. The Balaban J connectivity index is 3.32. The average molecular weight is 199 g/mol. The second-order valence-corrected chi connectivity index (χ2v) is 3.44. The quantitative estimate of drug-likeness (QED) is 0.463.